The monoisotopic (exact) mass is 376 g/mol. The number of nitrogens with two attached hydrogens (primary N) is 1. The second-order valence-electron chi connectivity index (χ2n) is 5.38. The van der Waals surface area contributed by atoms with Crippen LogP contribution in [0.4, 0.5) is 0 Å². The molecule has 1 aromatic rings. The van der Waals surface area contributed by atoms with E-state index in [-0.39, 0.29) is 16.8 Å². The number of carbonyl (C=O) groups is 1. The fourth-order valence-electron chi connectivity index (χ4n) is 2.07. The predicted octanol–water partition coefficient (Wildman–Crippen LogP) is 2.57. The second kappa shape index (κ2) is 6.89. The molecular weight excluding hydrogens is 356 g/mol. The number of hydrogen-bond donors (Lipinski definition) is 2. The zero-order chi connectivity index (χ0) is 16.4. The Bertz CT molecular complexity index is 642. The van der Waals surface area contributed by atoms with Crippen molar-refractivity contribution in [1.82, 2.24) is 5.32 Å². The van der Waals surface area contributed by atoms with Crippen LogP contribution in [-0.4, -0.2) is 20.4 Å². The first-order chi connectivity index (χ1) is 9.57. The molecule has 0 heterocycles. The van der Waals surface area contributed by atoms with E-state index in [1.165, 1.54) is 6.07 Å². The number of amides is 1. The fourth-order valence-corrected chi connectivity index (χ4v) is 3.67. The molecule has 0 radical (unpaired) electrons. The molecule has 1 aromatic carbocycles. The molecule has 0 spiro atoms. The van der Waals surface area contributed by atoms with Gasteiger partial charge in [0.05, 0.1) is 4.90 Å². The SMILES string of the molecule is CCC(NC(=O)c1cc(C)c(Br)c(S(N)(=O)=O)c1)C(C)C. The average Bonchev–Trinajstić information content (AvgIpc) is 2.36. The van der Waals surface area contributed by atoms with Crippen LogP contribution in [0.5, 0.6) is 0 Å². The highest BCUT2D eigenvalue weighted by molar-refractivity contribution is 9.10. The zero-order valence-corrected chi connectivity index (χ0v) is 15.0. The Hall–Kier alpha value is -0.920. The molecule has 0 saturated heterocycles. The van der Waals surface area contributed by atoms with Gasteiger partial charge in [0.1, 0.15) is 0 Å². The van der Waals surface area contributed by atoms with E-state index in [0.29, 0.717) is 21.5 Å². The lowest BCUT2D eigenvalue weighted by molar-refractivity contribution is 0.0924. The third-order valence-corrected chi connectivity index (χ3v) is 5.60. The molecule has 0 aliphatic heterocycles. The third-order valence-electron chi connectivity index (χ3n) is 3.35. The van der Waals surface area contributed by atoms with Crippen molar-refractivity contribution in [2.75, 3.05) is 0 Å². The first-order valence-electron chi connectivity index (χ1n) is 6.71. The van der Waals surface area contributed by atoms with Crippen LogP contribution < -0.4 is 10.5 Å². The summed E-state index contributed by atoms with van der Waals surface area (Å²) < 4.78 is 23.6. The third kappa shape index (κ3) is 4.52. The summed E-state index contributed by atoms with van der Waals surface area (Å²) in [6.07, 6.45) is 0.807. The Morgan fingerprint density at radius 1 is 1.38 bits per heavy atom. The van der Waals surface area contributed by atoms with Crippen molar-refractivity contribution >= 4 is 31.9 Å². The Balaban J connectivity index is 3.20. The fraction of sp³-hybridized carbons (Fsp3) is 0.500. The molecule has 0 aliphatic carbocycles. The van der Waals surface area contributed by atoms with Crippen molar-refractivity contribution in [2.45, 2.75) is 45.1 Å². The molecule has 1 atom stereocenters. The van der Waals surface area contributed by atoms with E-state index in [4.69, 9.17) is 5.14 Å². The summed E-state index contributed by atoms with van der Waals surface area (Å²) in [7, 11) is -3.89. The highest BCUT2D eigenvalue weighted by Crippen LogP contribution is 2.26. The van der Waals surface area contributed by atoms with Crippen molar-refractivity contribution in [3.05, 3.63) is 27.7 Å². The van der Waals surface area contributed by atoms with Gasteiger partial charge in [-0.15, -0.1) is 0 Å². The molecule has 1 amide bonds. The van der Waals surface area contributed by atoms with Crippen LogP contribution in [0.2, 0.25) is 0 Å². The molecule has 118 valence electrons. The van der Waals surface area contributed by atoms with Gasteiger partial charge < -0.3 is 5.32 Å². The lowest BCUT2D eigenvalue weighted by Gasteiger charge is -2.21. The number of benzene rings is 1. The molecule has 3 N–H and O–H groups in total. The molecule has 21 heavy (non-hydrogen) atoms. The quantitative estimate of drug-likeness (QED) is 0.827. The van der Waals surface area contributed by atoms with Gasteiger partial charge in [-0.1, -0.05) is 20.8 Å². The average molecular weight is 377 g/mol. The highest BCUT2D eigenvalue weighted by atomic mass is 79.9. The topological polar surface area (TPSA) is 89.3 Å². The minimum atomic E-state index is -3.89. The van der Waals surface area contributed by atoms with E-state index >= 15 is 0 Å². The number of hydrogen-bond acceptors (Lipinski definition) is 3. The van der Waals surface area contributed by atoms with E-state index in [1.807, 2.05) is 20.8 Å². The molecule has 1 rings (SSSR count). The van der Waals surface area contributed by atoms with E-state index in [2.05, 4.69) is 21.2 Å². The van der Waals surface area contributed by atoms with E-state index in [9.17, 15) is 13.2 Å². The van der Waals surface area contributed by atoms with Crippen LogP contribution in [-0.2, 0) is 10.0 Å². The summed E-state index contributed by atoms with van der Waals surface area (Å²) in [4.78, 5) is 12.2. The van der Waals surface area contributed by atoms with Crippen molar-refractivity contribution in [2.24, 2.45) is 11.1 Å². The number of nitrogens with one attached hydrogen (secondary N) is 1. The van der Waals surface area contributed by atoms with Gasteiger partial charge in [0.15, 0.2) is 0 Å². The van der Waals surface area contributed by atoms with Crippen LogP contribution in [0.25, 0.3) is 0 Å². The maximum Gasteiger partial charge on any atom is 0.251 e. The standard InChI is InChI=1S/C14H21BrN2O3S/c1-5-11(8(2)3)17-14(18)10-6-9(4)13(15)12(7-10)21(16,19)20/h6-8,11H,5H2,1-4H3,(H,17,18)(H2,16,19,20). The smallest absolute Gasteiger partial charge is 0.251 e. The van der Waals surface area contributed by atoms with Gasteiger partial charge in [-0.05, 0) is 52.9 Å². The minimum absolute atomic E-state index is 0.0411. The van der Waals surface area contributed by atoms with Crippen molar-refractivity contribution in [3.63, 3.8) is 0 Å². The van der Waals surface area contributed by atoms with E-state index in [0.717, 1.165) is 6.42 Å². The maximum atomic E-state index is 12.3. The van der Waals surface area contributed by atoms with Crippen LogP contribution in [0.3, 0.4) is 0 Å². The van der Waals surface area contributed by atoms with E-state index < -0.39 is 10.0 Å². The Morgan fingerprint density at radius 3 is 2.38 bits per heavy atom. The summed E-state index contributed by atoms with van der Waals surface area (Å²) in [5.41, 5.74) is 0.933. The van der Waals surface area contributed by atoms with Crippen molar-refractivity contribution < 1.29 is 13.2 Å². The molecule has 0 fully saturated rings. The van der Waals surface area contributed by atoms with Crippen LogP contribution in [0, 0.1) is 12.8 Å². The molecule has 5 nitrogen and oxygen atoms in total. The maximum absolute atomic E-state index is 12.3. The first-order valence-corrected chi connectivity index (χ1v) is 9.05. The normalized spacial score (nSPS) is 13.3. The number of carbonyl (C=O) groups excluding carboxylic acids is 1. The predicted molar refractivity (Wildman–Crippen MR) is 86.6 cm³/mol. The van der Waals surface area contributed by atoms with Gasteiger partial charge in [0.25, 0.3) is 5.91 Å². The summed E-state index contributed by atoms with van der Waals surface area (Å²) >= 11 is 3.20. The molecule has 1 unspecified atom stereocenters. The second-order valence-corrected chi connectivity index (χ2v) is 7.71. The van der Waals surface area contributed by atoms with Crippen LogP contribution >= 0.6 is 15.9 Å². The van der Waals surface area contributed by atoms with Gasteiger partial charge in [-0.25, -0.2) is 13.6 Å². The number of sulfonamides is 1. The molecular formula is C14H21BrN2O3S. The largest absolute Gasteiger partial charge is 0.349 e. The summed E-state index contributed by atoms with van der Waals surface area (Å²) in [6, 6.07) is 2.98. The van der Waals surface area contributed by atoms with E-state index in [1.54, 1.807) is 13.0 Å². The Morgan fingerprint density at radius 2 is 1.95 bits per heavy atom. The summed E-state index contributed by atoms with van der Waals surface area (Å²) in [6.45, 7) is 7.76. The van der Waals surface area contributed by atoms with Gasteiger partial charge in [0, 0.05) is 16.1 Å². The Kier molecular flexibility index (Phi) is 5.95. The highest BCUT2D eigenvalue weighted by Gasteiger charge is 2.20. The van der Waals surface area contributed by atoms with Crippen molar-refractivity contribution in [3.8, 4) is 0 Å². The zero-order valence-electron chi connectivity index (χ0n) is 12.6. The molecule has 0 bridgehead atoms. The number of halogens is 1. The molecule has 0 aromatic heterocycles. The lowest BCUT2D eigenvalue weighted by Crippen LogP contribution is -2.38. The molecule has 7 heteroatoms. The van der Waals surface area contributed by atoms with Crippen LogP contribution in [0.15, 0.2) is 21.5 Å². The molecule has 0 aliphatic rings. The lowest BCUT2D eigenvalue weighted by atomic mass is 10.0. The summed E-state index contributed by atoms with van der Waals surface area (Å²) in [5.74, 6) is 0.00394. The number of rotatable bonds is 5. The van der Waals surface area contributed by atoms with Gasteiger partial charge in [-0.2, -0.15) is 0 Å². The molecule has 0 saturated carbocycles. The van der Waals surface area contributed by atoms with Crippen molar-refractivity contribution in [1.29, 1.82) is 0 Å². The summed E-state index contributed by atoms with van der Waals surface area (Å²) in [5, 5.41) is 8.10. The van der Waals surface area contributed by atoms with Gasteiger partial charge in [-0.3, -0.25) is 4.79 Å². The Labute approximate surface area is 134 Å². The first kappa shape index (κ1) is 18.1. The minimum Gasteiger partial charge on any atom is -0.349 e. The van der Waals surface area contributed by atoms with Gasteiger partial charge in [0.2, 0.25) is 10.0 Å². The number of primary sulfonamides is 1. The van der Waals surface area contributed by atoms with Gasteiger partial charge >= 0.3 is 0 Å². The van der Waals surface area contributed by atoms with Crippen LogP contribution in [0.1, 0.15) is 43.1 Å². The number of aryl methyl sites for hydroxylation is 1.